The zero-order valence-electron chi connectivity index (χ0n) is 19.1. The number of benzene rings is 1. The summed E-state index contributed by atoms with van der Waals surface area (Å²) in [6, 6.07) is 1.80. The van der Waals surface area contributed by atoms with Crippen molar-refractivity contribution in [1.82, 2.24) is 4.90 Å². The third kappa shape index (κ3) is 3.48. The summed E-state index contributed by atoms with van der Waals surface area (Å²) in [4.78, 5) is 40.3. The first-order valence-electron chi connectivity index (χ1n) is 10.9. The smallest absolute Gasteiger partial charge is 0.255 e. The van der Waals surface area contributed by atoms with Gasteiger partial charge in [0.05, 0.1) is 11.6 Å². The molecule has 1 fully saturated rings. The number of aliphatic hydroxyl groups excluding tert-OH is 2. The Morgan fingerprint density at radius 2 is 1.91 bits per heavy atom. The second kappa shape index (κ2) is 8.49. The number of halogens is 1. The molecule has 1 aromatic carbocycles. The minimum Gasteiger partial charge on any atom is -0.508 e. The van der Waals surface area contributed by atoms with Crippen molar-refractivity contribution in [3.05, 3.63) is 50.8 Å². The van der Waals surface area contributed by atoms with Gasteiger partial charge in [-0.1, -0.05) is 17.7 Å². The Kier molecular flexibility index (Phi) is 6.05. The Labute approximate surface area is 205 Å². The topological polar surface area (TPSA) is 187 Å². The van der Waals surface area contributed by atoms with Crippen LogP contribution in [0.2, 0.25) is 0 Å². The molecule has 1 saturated carbocycles. The molecule has 35 heavy (non-hydrogen) atoms. The Morgan fingerprint density at radius 3 is 2.49 bits per heavy atom. The zero-order valence-corrected chi connectivity index (χ0v) is 19.8. The lowest BCUT2D eigenvalue weighted by Gasteiger charge is -2.50. The Morgan fingerprint density at radius 1 is 1.26 bits per heavy atom. The number of aliphatic hydroxyl groups is 3. The number of phenols is 1. The third-order valence-electron chi connectivity index (χ3n) is 7.15. The van der Waals surface area contributed by atoms with Gasteiger partial charge in [0.2, 0.25) is 5.78 Å². The van der Waals surface area contributed by atoms with Crippen LogP contribution in [0.4, 0.5) is 0 Å². The van der Waals surface area contributed by atoms with Crippen molar-refractivity contribution in [1.29, 1.82) is 0 Å². The van der Waals surface area contributed by atoms with Crippen LogP contribution in [0.25, 0.3) is 11.8 Å². The summed E-state index contributed by atoms with van der Waals surface area (Å²) in [7, 11) is 3.09. The van der Waals surface area contributed by atoms with Gasteiger partial charge in [-0.3, -0.25) is 19.3 Å². The highest BCUT2D eigenvalue weighted by molar-refractivity contribution is 6.31. The zero-order chi connectivity index (χ0) is 26.0. The number of amides is 1. The van der Waals surface area contributed by atoms with Gasteiger partial charge in [-0.05, 0) is 56.1 Å². The van der Waals surface area contributed by atoms with Crippen molar-refractivity contribution >= 4 is 40.9 Å². The van der Waals surface area contributed by atoms with Gasteiger partial charge >= 0.3 is 0 Å². The predicted molar refractivity (Wildman–Crippen MR) is 127 cm³/mol. The van der Waals surface area contributed by atoms with Gasteiger partial charge in [0.1, 0.15) is 22.8 Å². The lowest BCUT2D eigenvalue weighted by atomic mass is 9.57. The number of rotatable bonds is 4. The Balaban J connectivity index is 1.97. The number of hydrogen-bond acceptors (Lipinski definition) is 9. The van der Waals surface area contributed by atoms with Crippen LogP contribution in [-0.4, -0.2) is 75.1 Å². The molecule has 8 N–H and O–H groups in total. The first kappa shape index (κ1) is 24.9. The van der Waals surface area contributed by atoms with E-state index in [4.69, 9.17) is 23.1 Å². The van der Waals surface area contributed by atoms with E-state index in [-0.39, 0.29) is 36.3 Å². The number of fused-ring (bicyclic) bond motifs is 3. The van der Waals surface area contributed by atoms with Gasteiger partial charge in [0.15, 0.2) is 11.4 Å². The molecular weight excluding hydrogens is 478 g/mol. The van der Waals surface area contributed by atoms with Gasteiger partial charge in [-0.2, -0.15) is 0 Å². The van der Waals surface area contributed by atoms with Crippen molar-refractivity contribution < 1.29 is 34.8 Å². The number of phenolic OH excluding ortho intramolecular Hbond substituents is 1. The molecule has 0 saturated heterocycles. The van der Waals surface area contributed by atoms with E-state index < -0.39 is 58.0 Å². The summed E-state index contributed by atoms with van der Waals surface area (Å²) in [5.74, 6) is -6.91. The fourth-order valence-corrected chi connectivity index (χ4v) is 5.75. The lowest BCUT2D eigenvalue weighted by Crippen LogP contribution is -2.65. The molecule has 0 aliphatic heterocycles. The molecule has 0 bridgehead atoms. The fraction of sp³-hybridized carbons (Fsp3) is 0.375. The quantitative estimate of drug-likeness (QED) is 0.318. The monoisotopic (exact) mass is 503 g/mol. The van der Waals surface area contributed by atoms with E-state index in [1.54, 1.807) is 26.2 Å². The minimum absolute atomic E-state index is 0.00322. The fourth-order valence-electron chi connectivity index (χ4n) is 5.63. The molecule has 0 radical (unpaired) electrons. The normalized spacial score (nSPS) is 28.7. The number of ketones is 2. The molecule has 1 amide bonds. The average Bonchev–Trinajstić information content (AvgIpc) is 2.77. The number of carbonyl (C=O) groups excluding carboxylic acids is 3. The molecule has 10 nitrogen and oxygen atoms in total. The van der Waals surface area contributed by atoms with E-state index in [1.807, 2.05) is 0 Å². The molecule has 0 unspecified atom stereocenters. The van der Waals surface area contributed by atoms with Gasteiger partial charge in [-0.15, -0.1) is 0 Å². The summed E-state index contributed by atoms with van der Waals surface area (Å²) in [5, 5.41) is 44.4. The van der Waals surface area contributed by atoms with E-state index >= 15 is 0 Å². The van der Waals surface area contributed by atoms with Crippen molar-refractivity contribution in [3.8, 4) is 5.75 Å². The Hall–Kier alpha value is -3.18. The standard InChI is InChI=1S/C24H26ClN3O7/c1-28(2)18-13-7-10-6-12-9(5-11(25)8-26)3-4-14(29)16(12)19(30)15(10)21(32)24(13,35)22(33)17(20(18)31)23(27)34/h3-5,10,13,18,29-30,33,35H,6-8,26H2,1-2H3,(H2,27,34)/b11-5-/t10-,13-,18-,24-/m0/s1. The summed E-state index contributed by atoms with van der Waals surface area (Å²) in [5.41, 5.74) is 8.26. The van der Waals surface area contributed by atoms with Crippen LogP contribution < -0.4 is 11.5 Å². The molecule has 186 valence electrons. The maximum absolute atomic E-state index is 13.7. The number of nitrogens with two attached hydrogens (primary N) is 2. The maximum Gasteiger partial charge on any atom is 0.255 e. The van der Waals surface area contributed by atoms with Crippen LogP contribution in [0.1, 0.15) is 23.1 Å². The molecule has 0 aromatic heterocycles. The summed E-state index contributed by atoms with van der Waals surface area (Å²) >= 11 is 6.11. The lowest BCUT2D eigenvalue weighted by molar-refractivity contribution is -0.153. The van der Waals surface area contributed by atoms with Crippen LogP contribution in [-0.2, 0) is 20.8 Å². The van der Waals surface area contributed by atoms with Crippen molar-refractivity contribution in [2.45, 2.75) is 24.5 Å². The number of aromatic hydroxyl groups is 1. The first-order valence-corrected chi connectivity index (χ1v) is 11.3. The molecule has 4 atom stereocenters. The average molecular weight is 504 g/mol. The highest BCUT2D eigenvalue weighted by Gasteiger charge is 2.64. The number of nitrogens with zero attached hydrogens (tertiary/aromatic N) is 1. The van der Waals surface area contributed by atoms with Gasteiger partial charge < -0.3 is 31.9 Å². The van der Waals surface area contributed by atoms with E-state index in [0.29, 0.717) is 16.2 Å². The van der Waals surface area contributed by atoms with Crippen LogP contribution in [0.5, 0.6) is 5.75 Å². The second-order valence-electron chi connectivity index (χ2n) is 9.28. The number of carbonyl (C=O) groups is 3. The SMILES string of the molecule is CN(C)[C@@H]1C(=O)C(C(N)=O)=C(O)[C@@]2(O)C(=O)C3=C(O)c4c(O)ccc(/C=C(\Cl)CN)c4C[C@H]3C[C@@H]12. The highest BCUT2D eigenvalue weighted by Crippen LogP contribution is 2.53. The first-order chi connectivity index (χ1) is 16.4. The Bertz CT molecular complexity index is 1270. The predicted octanol–water partition coefficient (Wildman–Crippen LogP) is 0.502. The van der Waals surface area contributed by atoms with Crippen LogP contribution in [0, 0.1) is 11.8 Å². The molecule has 11 heteroatoms. The second-order valence-corrected chi connectivity index (χ2v) is 9.77. The maximum atomic E-state index is 13.7. The van der Waals surface area contributed by atoms with Crippen molar-refractivity contribution in [3.63, 3.8) is 0 Å². The summed E-state index contributed by atoms with van der Waals surface area (Å²) in [6.45, 7) is 0.0712. The summed E-state index contributed by atoms with van der Waals surface area (Å²) in [6.07, 6.45) is 1.78. The van der Waals surface area contributed by atoms with Crippen LogP contribution in [0.3, 0.4) is 0 Å². The van der Waals surface area contributed by atoms with Crippen molar-refractivity contribution in [2.75, 3.05) is 20.6 Å². The third-order valence-corrected chi connectivity index (χ3v) is 7.41. The molecule has 0 heterocycles. The number of Topliss-reactive ketones (excluding diaryl/α,β-unsaturated/α-hetero) is 2. The van der Waals surface area contributed by atoms with E-state index in [9.17, 15) is 34.8 Å². The highest BCUT2D eigenvalue weighted by atomic mass is 35.5. The van der Waals surface area contributed by atoms with E-state index in [1.165, 1.54) is 11.0 Å². The van der Waals surface area contributed by atoms with Gasteiger partial charge in [-0.25, -0.2) is 0 Å². The van der Waals surface area contributed by atoms with Gasteiger partial charge in [0, 0.05) is 23.1 Å². The minimum atomic E-state index is -2.67. The van der Waals surface area contributed by atoms with Crippen LogP contribution in [0.15, 0.2) is 34.1 Å². The molecule has 1 aromatic rings. The van der Waals surface area contributed by atoms with Crippen LogP contribution >= 0.6 is 11.6 Å². The van der Waals surface area contributed by atoms with E-state index in [2.05, 4.69) is 0 Å². The summed E-state index contributed by atoms with van der Waals surface area (Å²) < 4.78 is 0. The molecular formula is C24H26ClN3O7. The number of hydrogen-bond donors (Lipinski definition) is 6. The molecule has 3 aliphatic rings. The largest absolute Gasteiger partial charge is 0.508 e. The number of likely N-dealkylation sites (N-methyl/N-ethyl adjacent to an activating group) is 1. The van der Waals surface area contributed by atoms with Crippen molar-refractivity contribution in [2.24, 2.45) is 23.3 Å². The molecule has 0 spiro atoms. The van der Waals surface area contributed by atoms with Gasteiger partial charge in [0.25, 0.3) is 5.91 Å². The van der Waals surface area contributed by atoms with E-state index in [0.717, 1.165) is 0 Å². The molecule has 4 rings (SSSR count). The number of primary amides is 1. The molecule has 3 aliphatic carbocycles.